The number of anilines is 1. The predicted molar refractivity (Wildman–Crippen MR) is 125 cm³/mol. The summed E-state index contributed by atoms with van der Waals surface area (Å²) in [5.74, 6) is 1.18. The zero-order valence-corrected chi connectivity index (χ0v) is 19.4. The van der Waals surface area contributed by atoms with Crippen molar-refractivity contribution in [3.63, 3.8) is 0 Å². The van der Waals surface area contributed by atoms with Crippen LogP contribution < -0.4 is 15.4 Å². The highest BCUT2D eigenvalue weighted by atomic mass is 32.2. The lowest BCUT2D eigenvalue weighted by Crippen LogP contribution is -2.29. The van der Waals surface area contributed by atoms with Crippen LogP contribution in [0.25, 0.3) is 0 Å². The van der Waals surface area contributed by atoms with E-state index >= 15 is 0 Å². The van der Waals surface area contributed by atoms with Crippen molar-refractivity contribution < 1.29 is 14.3 Å². The molecule has 0 unspecified atom stereocenters. The van der Waals surface area contributed by atoms with Gasteiger partial charge in [-0.3, -0.25) is 9.59 Å². The van der Waals surface area contributed by atoms with Gasteiger partial charge in [0, 0.05) is 23.9 Å². The number of carbonyl (C=O) groups is 2. The van der Waals surface area contributed by atoms with Crippen molar-refractivity contribution in [2.24, 2.45) is 0 Å². The molecule has 9 heteroatoms. The fraction of sp³-hybridized carbons (Fsp3) is 0.304. The van der Waals surface area contributed by atoms with Crippen molar-refractivity contribution in [3.8, 4) is 5.75 Å². The van der Waals surface area contributed by atoms with Crippen molar-refractivity contribution >= 4 is 29.3 Å². The van der Waals surface area contributed by atoms with Gasteiger partial charge in [-0.05, 0) is 44.5 Å². The summed E-state index contributed by atoms with van der Waals surface area (Å²) < 4.78 is 7.08. The molecule has 0 spiro atoms. The first-order valence-electron chi connectivity index (χ1n) is 10.3. The van der Waals surface area contributed by atoms with Crippen LogP contribution in [0.15, 0.2) is 53.7 Å². The van der Waals surface area contributed by atoms with E-state index in [1.54, 1.807) is 25.3 Å². The minimum absolute atomic E-state index is 0.156. The number of nitrogens with one attached hydrogen (secondary N) is 2. The van der Waals surface area contributed by atoms with E-state index in [4.69, 9.17) is 4.74 Å². The van der Waals surface area contributed by atoms with Gasteiger partial charge in [0.05, 0.1) is 18.9 Å². The van der Waals surface area contributed by atoms with E-state index in [9.17, 15) is 9.59 Å². The molecule has 0 aliphatic carbocycles. The van der Waals surface area contributed by atoms with E-state index in [2.05, 4.69) is 20.8 Å². The second kappa shape index (κ2) is 10.8. The molecule has 32 heavy (non-hydrogen) atoms. The van der Waals surface area contributed by atoms with E-state index in [-0.39, 0.29) is 23.6 Å². The monoisotopic (exact) mass is 453 g/mol. The highest BCUT2D eigenvalue weighted by Crippen LogP contribution is 2.22. The fourth-order valence-corrected chi connectivity index (χ4v) is 4.03. The molecule has 0 saturated heterocycles. The lowest BCUT2D eigenvalue weighted by molar-refractivity contribution is -0.113. The third-order valence-electron chi connectivity index (χ3n) is 4.87. The number of hydrogen-bond acceptors (Lipinski definition) is 6. The summed E-state index contributed by atoms with van der Waals surface area (Å²) in [7, 11) is 1.58. The largest absolute Gasteiger partial charge is 0.497 e. The highest BCUT2D eigenvalue weighted by Gasteiger charge is 2.20. The van der Waals surface area contributed by atoms with Gasteiger partial charge >= 0.3 is 0 Å². The van der Waals surface area contributed by atoms with Gasteiger partial charge in [-0.1, -0.05) is 36.0 Å². The molecule has 0 fully saturated rings. The maximum Gasteiger partial charge on any atom is 0.252 e. The van der Waals surface area contributed by atoms with E-state index < -0.39 is 0 Å². The van der Waals surface area contributed by atoms with Gasteiger partial charge in [-0.2, -0.15) is 0 Å². The van der Waals surface area contributed by atoms with Crippen molar-refractivity contribution in [1.82, 2.24) is 20.1 Å². The Morgan fingerprint density at radius 3 is 2.66 bits per heavy atom. The quantitative estimate of drug-likeness (QED) is 0.478. The first-order valence-corrected chi connectivity index (χ1v) is 11.3. The molecule has 1 heterocycles. The molecule has 168 valence electrons. The van der Waals surface area contributed by atoms with E-state index in [0.717, 1.165) is 5.56 Å². The molecule has 2 aromatic carbocycles. The number of methoxy groups -OCH3 is 1. The van der Waals surface area contributed by atoms with Crippen LogP contribution in [-0.2, 0) is 11.3 Å². The van der Waals surface area contributed by atoms with Crippen LogP contribution in [0.2, 0.25) is 0 Å². The van der Waals surface area contributed by atoms with Gasteiger partial charge in [0.25, 0.3) is 5.91 Å². The van der Waals surface area contributed by atoms with Crippen LogP contribution in [0.4, 0.5) is 5.69 Å². The van der Waals surface area contributed by atoms with E-state index in [1.807, 2.05) is 55.7 Å². The average Bonchev–Trinajstić information content (AvgIpc) is 3.21. The van der Waals surface area contributed by atoms with Crippen LogP contribution in [0, 0.1) is 6.92 Å². The molecule has 8 nitrogen and oxygen atoms in total. The molecular formula is C23H27N5O3S. The number of benzene rings is 2. The average molecular weight is 454 g/mol. The number of ether oxygens (including phenoxy) is 1. The Bertz CT molecular complexity index is 1100. The number of nitrogens with zero attached hydrogens (tertiary/aromatic N) is 3. The molecule has 0 bridgehead atoms. The number of amides is 2. The van der Waals surface area contributed by atoms with E-state index in [1.165, 1.54) is 11.8 Å². The van der Waals surface area contributed by atoms with Gasteiger partial charge in [-0.15, -0.1) is 10.2 Å². The molecule has 0 aliphatic rings. The van der Waals surface area contributed by atoms with Crippen molar-refractivity contribution in [2.45, 2.75) is 38.5 Å². The van der Waals surface area contributed by atoms with Crippen molar-refractivity contribution in [3.05, 3.63) is 65.5 Å². The number of thioether (sulfide) groups is 1. The summed E-state index contributed by atoms with van der Waals surface area (Å²) >= 11 is 1.30. The minimum atomic E-state index is -0.338. The minimum Gasteiger partial charge on any atom is -0.497 e. The SMILES string of the molecule is CCn1c(SCC(=O)Nc2cccc(OC)c2)nnc1[C@H](C)NC(=O)c1ccccc1C. The third kappa shape index (κ3) is 5.67. The maximum absolute atomic E-state index is 12.7. The van der Waals surface area contributed by atoms with Gasteiger partial charge in [0.1, 0.15) is 5.75 Å². The molecular weight excluding hydrogens is 426 g/mol. The zero-order valence-electron chi connectivity index (χ0n) is 18.6. The standard InChI is InChI=1S/C23H27N5O3S/c1-5-28-21(16(3)24-22(30)19-12-7-6-9-15(19)2)26-27-23(28)32-14-20(29)25-17-10-8-11-18(13-17)31-4/h6-13,16H,5,14H2,1-4H3,(H,24,30)(H,25,29)/t16-/m0/s1. The molecule has 0 aliphatic heterocycles. The van der Waals surface area contributed by atoms with Gasteiger partial charge < -0.3 is 19.9 Å². The Balaban J connectivity index is 1.63. The summed E-state index contributed by atoms with van der Waals surface area (Å²) in [5, 5.41) is 15.0. The second-order valence-corrected chi connectivity index (χ2v) is 8.11. The fourth-order valence-electron chi connectivity index (χ4n) is 3.22. The molecule has 3 aromatic rings. The third-order valence-corrected chi connectivity index (χ3v) is 5.84. The molecule has 2 N–H and O–H groups in total. The summed E-state index contributed by atoms with van der Waals surface area (Å²) in [6, 6.07) is 14.3. The number of hydrogen-bond donors (Lipinski definition) is 2. The number of aromatic nitrogens is 3. The smallest absolute Gasteiger partial charge is 0.252 e. The van der Waals surface area contributed by atoms with Gasteiger partial charge in [0.15, 0.2) is 11.0 Å². The van der Waals surface area contributed by atoms with Crippen molar-refractivity contribution in [2.75, 3.05) is 18.2 Å². The molecule has 0 saturated carbocycles. The van der Waals surface area contributed by atoms with Crippen LogP contribution in [-0.4, -0.2) is 39.4 Å². The maximum atomic E-state index is 12.7. The lowest BCUT2D eigenvalue weighted by Gasteiger charge is -2.16. The van der Waals surface area contributed by atoms with Gasteiger partial charge in [0.2, 0.25) is 5.91 Å². The van der Waals surface area contributed by atoms with E-state index in [0.29, 0.717) is 34.5 Å². The Morgan fingerprint density at radius 1 is 1.16 bits per heavy atom. The zero-order chi connectivity index (χ0) is 23.1. The number of carbonyl (C=O) groups excluding carboxylic acids is 2. The Kier molecular flexibility index (Phi) is 7.88. The molecule has 1 aromatic heterocycles. The normalized spacial score (nSPS) is 11.6. The molecule has 2 amide bonds. The van der Waals surface area contributed by atoms with Crippen LogP contribution in [0.3, 0.4) is 0 Å². The van der Waals surface area contributed by atoms with Gasteiger partial charge in [-0.25, -0.2) is 0 Å². The Labute approximate surface area is 191 Å². The first kappa shape index (κ1) is 23.3. The molecule has 0 radical (unpaired) electrons. The molecule has 3 rings (SSSR count). The second-order valence-electron chi connectivity index (χ2n) is 7.16. The lowest BCUT2D eigenvalue weighted by atomic mass is 10.1. The summed E-state index contributed by atoms with van der Waals surface area (Å²) in [6.45, 7) is 6.37. The summed E-state index contributed by atoms with van der Waals surface area (Å²) in [5.41, 5.74) is 2.21. The van der Waals surface area contributed by atoms with Crippen LogP contribution in [0.1, 0.15) is 41.6 Å². The summed E-state index contributed by atoms with van der Waals surface area (Å²) in [4.78, 5) is 25.0. The predicted octanol–water partition coefficient (Wildman–Crippen LogP) is 3.84. The topological polar surface area (TPSA) is 98.1 Å². The summed E-state index contributed by atoms with van der Waals surface area (Å²) in [6.07, 6.45) is 0. The van der Waals surface area contributed by atoms with Crippen LogP contribution >= 0.6 is 11.8 Å². The Morgan fingerprint density at radius 2 is 1.94 bits per heavy atom. The first-order chi connectivity index (χ1) is 15.4. The van der Waals surface area contributed by atoms with Crippen molar-refractivity contribution in [1.29, 1.82) is 0 Å². The number of rotatable bonds is 9. The molecule has 1 atom stereocenters. The van der Waals surface area contributed by atoms with Crippen LogP contribution in [0.5, 0.6) is 5.75 Å². The highest BCUT2D eigenvalue weighted by molar-refractivity contribution is 7.99. The number of aryl methyl sites for hydroxylation is 1. The Hall–Kier alpha value is -3.33.